The van der Waals surface area contributed by atoms with Gasteiger partial charge < -0.3 is 19.9 Å². The summed E-state index contributed by atoms with van der Waals surface area (Å²) in [6.07, 6.45) is 7.52. The Labute approximate surface area is 186 Å². The van der Waals surface area contributed by atoms with Gasteiger partial charge in [0, 0.05) is 29.7 Å². The molecule has 1 unspecified atom stereocenters. The Morgan fingerprint density at radius 1 is 1.16 bits per heavy atom. The van der Waals surface area contributed by atoms with Crippen molar-refractivity contribution in [1.29, 1.82) is 0 Å². The third-order valence-corrected chi connectivity index (χ3v) is 5.63. The van der Waals surface area contributed by atoms with Crippen LogP contribution in [-0.4, -0.2) is 29.3 Å². The van der Waals surface area contributed by atoms with Gasteiger partial charge in [-0.25, -0.2) is 9.18 Å². The van der Waals surface area contributed by atoms with E-state index in [9.17, 15) is 9.90 Å². The number of hydrogen-bond acceptors (Lipinski definition) is 5. The number of carbonyl (C=O) groups is 1. The van der Waals surface area contributed by atoms with Crippen LogP contribution in [0.3, 0.4) is 0 Å². The first kappa shape index (κ1) is 21.6. The lowest BCUT2D eigenvalue weighted by molar-refractivity contribution is 0.0697. The van der Waals surface area contributed by atoms with E-state index >= 15 is 4.39 Å². The second kappa shape index (κ2) is 9.68. The summed E-state index contributed by atoms with van der Waals surface area (Å²) in [4.78, 5) is 15.6. The van der Waals surface area contributed by atoms with E-state index in [1.54, 1.807) is 36.7 Å². The van der Waals surface area contributed by atoms with E-state index in [0.29, 0.717) is 22.7 Å². The molecular weight excluding hydrogens is 411 g/mol. The fourth-order valence-corrected chi connectivity index (χ4v) is 4.01. The molecule has 1 fully saturated rings. The average molecular weight is 436 g/mol. The van der Waals surface area contributed by atoms with Gasteiger partial charge in [0.1, 0.15) is 5.82 Å². The fraction of sp³-hybridized carbons (Fsp3) is 0.280. The minimum absolute atomic E-state index is 0.0826. The summed E-state index contributed by atoms with van der Waals surface area (Å²) in [6.45, 7) is 0. The molecule has 0 radical (unpaired) electrons. The highest BCUT2D eigenvalue weighted by atomic mass is 19.1. The minimum Gasteiger partial charge on any atom is -0.493 e. The summed E-state index contributed by atoms with van der Waals surface area (Å²) >= 11 is 0. The monoisotopic (exact) mass is 436 g/mol. The SMILES string of the molecule is COc1cc(F)c(C(Nc2cccc(C(=O)O)c2)c2cccnc2)cc1OC1CCCC1. The molecule has 0 amide bonds. The molecule has 1 aromatic heterocycles. The maximum Gasteiger partial charge on any atom is 0.335 e. The number of aromatic nitrogens is 1. The topological polar surface area (TPSA) is 80.7 Å². The van der Waals surface area contributed by atoms with Crippen molar-refractivity contribution in [1.82, 2.24) is 4.98 Å². The molecule has 0 bridgehead atoms. The number of nitrogens with zero attached hydrogens (tertiary/aromatic N) is 1. The molecule has 1 saturated carbocycles. The fourth-order valence-electron chi connectivity index (χ4n) is 4.01. The van der Waals surface area contributed by atoms with Crippen molar-refractivity contribution in [3.8, 4) is 11.5 Å². The van der Waals surface area contributed by atoms with E-state index < -0.39 is 17.8 Å². The third kappa shape index (κ3) is 4.82. The van der Waals surface area contributed by atoms with Crippen molar-refractivity contribution < 1.29 is 23.8 Å². The van der Waals surface area contributed by atoms with E-state index in [4.69, 9.17) is 9.47 Å². The number of nitrogens with one attached hydrogen (secondary N) is 1. The molecule has 1 aliphatic carbocycles. The summed E-state index contributed by atoms with van der Waals surface area (Å²) in [6, 6.07) is 12.4. The lowest BCUT2D eigenvalue weighted by atomic mass is 9.98. The Hall–Kier alpha value is -3.61. The lowest BCUT2D eigenvalue weighted by Gasteiger charge is -2.24. The van der Waals surface area contributed by atoms with Gasteiger partial charge in [0.05, 0.1) is 24.8 Å². The van der Waals surface area contributed by atoms with E-state index in [1.165, 1.54) is 25.3 Å². The molecule has 32 heavy (non-hydrogen) atoms. The molecule has 3 aromatic rings. The molecule has 1 heterocycles. The molecule has 166 valence electrons. The molecule has 1 aliphatic rings. The highest BCUT2D eigenvalue weighted by Crippen LogP contribution is 2.38. The maximum atomic E-state index is 15.3. The van der Waals surface area contributed by atoms with Crippen LogP contribution >= 0.6 is 0 Å². The van der Waals surface area contributed by atoms with Crippen molar-refractivity contribution in [3.05, 3.63) is 83.4 Å². The number of rotatable bonds is 8. The first-order valence-electron chi connectivity index (χ1n) is 10.6. The minimum atomic E-state index is -1.03. The summed E-state index contributed by atoms with van der Waals surface area (Å²) in [5.41, 5.74) is 1.77. The molecular formula is C25H25FN2O4. The zero-order chi connectivity index (χ0) is 22.5. The molecule has 0 spiro atoms. The van der Waals surface area contributed by atoms with Gasteiger partial charge in [0.2, 0.25) is 0 Å². The molecule has 2 N–H and O–H groups in total. The first-order valence-corrected chi connectivity index (χ1v) is 10.6. The maximum absolute atomic E-state index is 15.3. The zero-order valence-corrected chi connectivity index (χ0v) is 17.8. The number of methoxy groups -OCH3 is 1. The predicted octanol–water partition coefficient (Wildman–Crippen LogP) is 5.45. The highest BCUT2D eigenvalue weighted by Gasteiger charge is 2.24. The van der Waals surface area contributed by atoms with Gasteiger partial charge >= 0.3 is 5.97 Å². The van der Waals surface area contributed by atoms with Crippen LogP contribution in [0.25, 0.3) is 0 Å². The van der Waals surface area contributed by atoms with E-state index in [1.807, 2.05) is 6.07 Å². The lowest BCUT2D eigenvalue weighted by Crippen LogP contribution is -2.16. The number of benzene rings is 2. The van der Waals surface area contributed by atoms with Gasteiger partial charge in [0.15, 0.2) is 11.5 Å². The van der Waals surface area contributed by atoms with Gasteiger partial charge in [-0.05, 0) is 61.6 Å². The van der Waals surface area contributed by atoms with Crippen molar-refractivity contribution >= 4 is 11.7 Å². The van der Waals surface area contributed by atoms with Crippen LogP contribution in [0.1, 0.15) is 53.2 Å². The number of hydrogen-bond donors (Lipinski definition) is 2. The number of carboxylic acid groups (broad SMARTS) is 1. The van der Waals surface area contributed by atoms with Crippen LogP contribution in [0.5, 0.6) is 11.5 Å². The normalized spacial score (nSPS) is 14.7. The quantitative estimate of drug-likeness (QED) is 0.489. The van der Waals surface area contributed by atoms with Gasteiger partial charge in [-0.3, -0.25) is 4.98 Å². The van der Waals surface area contributed by atoms with Crippen molar-refractivity contribution in [3.63, 3.8) is 0 Å². The van der Waals surface area contributed by atoms with Crippen molar-refractivity contribution in [2.45, 2.75) is 37.8 Å². The molecule has 1 atom stereocenters. The van der Waals surface area contributed by atoms with E-state index in [-0.39, 0.29) is 11.7 Å². The summed E-state index contributed by atoms with van der Waals surface area (Å²) in [5, 5.41) is 12.6. The highest BCUT2D eigenvalue weighted by molar-refractivity contribution is 5.88. The number of ether oxygens (including phenoxy) is 2. The van der Waals surface area contributed by atoms with Crippen molar-refractivity contribution in [2.24, 2.45) is 0 Å². The summed E-state index contributed by atoms with van der Waals surface area (Å²) in [7, 11) is 1.49. The zero-order valence-electron chi connectivity index (χ0n) is 17.8. The molecule has 0 saturated heterocycles. The summed E-state index contributed by atoms with van der Waals surface area (Å²) in [5.74, 6) is -0.660. The third-order valence-electron chi connectivity index (χ3n) is 5.63. The smallest absolute Gasteiger partial charge is 0.335 e. The van der Waals surface area contributed by atoms with Crippen LogP contribution in [-0.2, 0) is 0 Å². The number of anilines is 1. The number of halogens is 1. The summed E-state index contributed by atoms with van der Waals surface area (Å²) < 4.78 is 26.8. The second-order valence-corrected chi connectivity index (χ2v) is 7.80. The Morgan fingerprint density at radius 2 is 1.97 bits per heavy atom. The Kier molecular flexibility index (Phi) is 6.54. The van der Waals surface area contributed by atoms with Crippen LogP contribution in [0, 0.1) is 5.82 Å². The van der Waals surface area contributed by atoms with Gasteiger partial charge in [-0.2, -0.15) is 0 Å². The van der Waals surface area contributed by atoms with E-state index in [2.05, 4.69) is 10.3 Å². The van der Waals surface area contributed by atoms with Gasteiger partial charge in [-0.1, -0.05) is 12.1 Å². The number of aromatic carboxylic acids is 1. The number of carboxylic acids is 1. The van der Waals surface area contributed by atoms with E-state index in [0.717, 1.165) is 31.2 Å². The molecule has 6 nitrogen and oxygen atoms in total. The predicted molar refractivity (Wildman–Crippen MR) is 119 cm³/mol. The standard InChI is InChI=1S/C25H25FN2O4/c1-31-22-14-21(26)20(13-23(22)32-19-9-2-3-10-19)24(17-7-5-11-27-15-17)28-18-8-4-6-16(12-18)25(29)30/h4-8,11-15,19,24,28H,2-3,9-10H2,1H3,(H,29,30). The Balaban J connectivity index is 1.75. The second-order valence-electron chi connectivity index (χ2n) is 7.80. The average Bonchev–Trinajstić information content (AvgIpc) is 3.32. The van der Waals surface area contributed by atoms with Crippen LogP contribution < -0.4 is 14.8 Å². The molecule has 7 heteroatoms. The largest absolute Gasteiger partial charge is 0.493 e. The van der Waals surface area contributed by atoms with Gasteiger partial charge in [0.25, 0.3) is 0 Å². The number of pyridine rings is 1. The molecule has 0 aliphatic heterocycles. The van der Waals surface area contributed by atoms with Crippen molar-refractivity contribution in [2.75, 3.05) is 12.4 Å². The molecule has 4 rings (SSSR count). The Morgan fingerprint density at radius 3 is 2.66 bits per heavy atom. The van der Waals surface area contributed by atoms with Crippen LogP contribution in [0.4, 0.5) is 10.1 Å². The van der Waals surface area contributed by atoms with Gasteiger partial charge in [-0.15, -0.1) is 0 Å². The Bertz CT molecular complexity index is 1080. The molecule has 2 aromatic carbocycles. The van der Waals surface area contributed by atoms with Crippen LogP contribution in [0.2, 0.25) is 0 Å². The first-order chi connectivity index (χ1) is 15.5. The van der Waals surface area contributed by atoms with Crippen LogP contribution in [0.15, 0.2) is 60.9 Å².